The quantitative estimate of drug-likeness (QED) is 0.161. The number of hydrogen-bond donors (Lipinski definition) is 2. The molecule has 222 valence electrons. The molecule has 5 rings (SSSR count). The molecule has 0 saturated carbocycles. The predicted molar refractivity (Wildman–Crippen MR) is 172 cm³/mol. The summed E-state index contributed by atoms with van der Waals surface area (Å²) in [6.07, 6.45) is -0.128. The third-order valence-corrected chi connectivity index (χ3v) is 8.20. The van der Waals surface area contributed by atoms with E-state index in [0.717, 1.165) is 5.56 Å². The Labute approximate surface area is 270 Å². The number of rotatable bonds is 11. The van der Waals surface area contributed by atoms with Crippen LogP contribution in [-0.4, -0.2) is 35.7 Å². The van der Waals surface area contributed by atoms with E-state index in [1.165, 1.54) is 0 Å². The van der Waals surface area contributed by atoms with Crippen LogP contribution < -0.4 is 10.1 Å². The van der Waals surface area contributed by atoms with Crippen LogP contribution in [0.25, 0.3) is 0 Å². The lowest BCUT2D eigenvalue weighted by Crippen LogP contribution is -2.49. The van der Waals surface area contributed by atoms with Crippen molar-refractivity contribution >= 4 is 58.2 Å². The number of aliphatic hydroxyl groups excluding tert-OH is 1. The van der Waals surface area contributed by atoms with E-state index >= 15 is 0 Å². The zero-order chi connectivity index (χ0) is 30.4. The second-order valence-electron chi connectivity index (χ2n) is 10.0. The molecule has 0 unspecified atom stereocenters. The zero-order valence-electron chi connectivity index (χ0n) is 22.9. The van der Waals surface area contributed by atoms with Crippen LogP contribution in [0.2, 0.25) is 20.1 Å². The molecule has 1 heterocycles. The molecule has 0 saturated heterocycles. The minimum absolute atomic E-state index is 0.0488. The number of hydrogen-bond acceptors (Lipinski definition) is 5. The molecule has 0 aromatic heterocycles. The molecule has 0 radical (unpaired) electrons. The molecule has 10 heteroatoms. The molecule has 0 aliphatic carbocycles. The molecular weight excluding hydrogens is 630 g/mol. The van der Waals surface area contributed by atoms with Crippen molar-refractivity contribution in [2.24, 2.45) is 4.99 Å². The van der Waals surface area contributed by atoms with Crippen LogP contribution in [0.3, 0.4) is 0 Å². The van der Waals surface area contributed by atoms with Crippen molar-refractivity contribution < 1.29 is 19.4 Å². The predicted octanol–water partition coefficient (Wildman–Crippen LogP) is 7.88. The van der Waals surface area contributed by atoms with Gasteiger partial charge in [0.25, 0.3) is 5.91 Å². The maximum Gasteiger partial charge on any atom is 0.252 e. The number of nitrogens with one attached hydrogen (secondary N) is 1. The summed E-state index contributed by atoms with van der Waals surface area (Å²) < 4.78 is 12.2. The van der Waals surface area contributed by atoms with Gasteiger partial charge in [-0.15, -0.1) is 0 Å². The third-order valence-electron chi connectivity index (χ3n) is 7.05. The van der Waals surface area contributed by atoms with E-state index < -0.39 is 11.6 Å². The van der Waals surface area contributed by atoms with Gasteiger partial charge in [-0.2, -0.15) is 0 Å². The Balaban J connectivity index is 1.57. The fraction of sp³-hybridized carbons (Fsp3) is 0.212. The number of ether oxygens (including phenoxy) is 2. The van der Waals surface area contributed by atoms with E-state index in [2.05, 4.69) is 5.32 Å². The Morgan fingerprint density at radius 2 is 1.60 bits per heavy atom. The van der Waals surface area contributed by atoms with Gasteiger partial charge >= 0.3 is 0 Å². The summed E-state index contributed by atoms with van der Waals surface area (Å²) in [4.78, 5) is 19.4. The first kappa shape index (κ1) is 31.2. The number of amides is 1. The lowest BCUT2D eigenvalue weighted by molar-refractivity contribution is -0.129. The van der Waals surface area contributed by atoms with E-state index in [0.29, 0.717) is 55.6 Å². The Bertz CT molecular complexity index is 1620. The lowest BCUT2D eigenvalue weighted by Gasteiger charge is -2.31. The molecular formula is C33H28Cl4N2O4. The molecule has 0 bridgehead atoms. The van der Waals surface area contributed by atoms with E-state index in [4.69, 9.17) is 66.0 Å². The first-order chi connectivity index (χ1) is 20.8. The number of aliphatic imine (C=N–C) groups is 1. The second kappa shape index (κ2) is 14.0. The average molecular weight is 658 g/mol. The molecule has 0 fully saturated rings. The van der Waals surface area contributed by atoms with Crippen molar-refractivity contribution in [3.05, 3.63) is 133 Å². The average Bonchev–Trinajstić information content (AvgIpc) is 3.37. The van der Waals surface area contributed by atoms with Crippen molar-refractivity contribution in [2.75, 3.05) is 13.2 Å². The van der Waals surface area contributed by atoms with Gasteiger partial charge in [0, 0.05) is 57.2 Å². The van der Waals surface area contributed by atoms with Gasteiger partial charge in [-0.3, -0.25) is 4.79 Å². The van der Waals surface area contributed by atoms with Crippen molar-refractivity contribution in [2.45, 2.75) is 31.0 Å². The standard InChI is InChI=1S/C33H28Cl4N2O4/c34-24-10-7-23(28(36)17-24)20-38-32(41)33(19-21-5-2-1-3-6-21)30(27-14-11-25(35)18-29(27)37)43-31(39-33)22-8-12-26(13-9-22)42-16-4-15-40/h1-3,5-14,17-18,30,40H,4,15-16,19-20H2,(H,38,41)/t30-,33-/m1/s1. The van der Waals surface area contributed by atoms with E-state index in [1.54, 1.807) is 48.5 Å². The molecule has 1 aliphatic rings. The van der Waals surface area contributed by atoms with E-state index in [1.807, 2.05) is 42.5 Å². The first-order valence-electron chi connectivity index (χ1n) is 13.6. The van der Waals surface area contributed by atoms with Crippen molar-refractivity contribution in [3.8, 4) is 5.75 Å². The Morgan fingerprint density at radius 3 is 2.28 bits per heavy atom. The number of benzene rings is 4. The van der Waals surface area contributed by atoms with Crippen LogP contribution >= 0.6 is 46.4 Å². The minimum Gasteiger partial charge on any atom is -0.494 e. The Morgan fingerprint density at radius 1 is 0.907 bits per heavy atom. The topological polar surface area (TPSA) is 80.2 Å². The summed E-state index contributed by atoms with van der Waals surface area (Å²) in [6.45, 7) is 0.590. The fourth-order valence-electron chi connectivity index (χ4n) is 4.87. The molecule has 0 spiro atoms. The Kier molecular flexibility index (Phi) is 10.2. The van der Waals surface area contributed by atoms with Gasteiger partial charge in [0.2, 0.25) is 5.90 Å². The summed E-state index contributed by atoms with van der Waals surface area (Å²) in [6, 6.07) is 27.1. The summed E-state index contributed by atoms with van der Waals surface area (Å²) in [7, 11) is 0. The highest BCUT2D eigenvalue weighted by Crippen LogP contribution is 2.45. The fourth-order valence-corrected chi connectivity index (χ4v) is 5.86. The molecule has 2 atom stereocenters. The monoisotopic (exact) mass is 656 g/mol. The van der Waals surface area contributed by atoms with Gasteiger partial charge in [0.15, 0.2) is 11.6 Å². The van der Waals surface area contributed by atoms with Crippen LogP contribution in [0.1, 0.15) is 34.8 Å². The SMILES string of the molecule is O=C(NCc1ccc(Cl)cc1Cl)[C@]1(Cc2ccccc2)N=C(c2ccc(OCCCO)cc2)O[C@@H]1c1ccc(Cl)cc1Cl. The Hall–Kier alpha value is -3.26. The molecule has 1 aliphatic heterocycles. The highest BCUT2D eigenvalue weighted by atomic mass is 35.5. The lowest BCUT2D eigenvalue weighted by atomic mass is 9.82. The molecule has 6 nitrogen and oxygen atoms in total. The highest BCUT2D eigenvalue weighted by molar-refractivity contribution is 6.35. The second-order valence-corrected chi connectivity index (χ2v) is 11.7. The van der Waals surface area contributed by atoms with Crippen molar-refractivity contribution in [1.82, 2.24) is 5.32 Å². The van der Waals surface area contributed by atoms with Gasteiger partial charge in [-0.1, -0.05) is 88.9 Å². The summed E-state index contributed by atoms with van der Waals surface area (Å²) in [5.41, 5.74) is 1.38. The van der Waals surface area contributed by atoms with Gasteiger partial charge < -0.3 is 19.9 Å². The molecule has 43 heavy (non-hydrogen) atoms. The van der Waals surface area contributed by atoms with Crippen molar-refractivity contribution in [3.63, 3.8) is 0 Å². The number of carbonyl (C=O) groups excluding carboxylic acids is 1. The summed E-state index contributed by atoms with van der Waals surface area (Å²) in [5.74, 6) is 0.562. The third kappa shape index (κ3) is 7.28. The molecule has 1 amide bonds. The highest BCUT2D eigenvalue weighted by Gasteiger charge is 2.53. The molecule has 2 N–H and O–H groups in total. The van der Waals surface area contributed by atoms with Crippen LogP contribution in [0.4, 0.5) is 0 Å². The maximum absolute atomic E-state index is 14.4. The smallest absolute Gasteiger partial charge is 0.252 e. The number of carbonyl (C=O) groups is 1. The summed E-state index contributed by atoms with van der Waals surface area (Å²) in [5, 5.41) is 13.8. The van der Waals surface area contributed by atoms with Gasteiger partial charge in [-0.25, -0.2) is 4.99 Å². The number of aliphatic hydroxyl groups is 1. The molecule has 4 aromatic rings. The van der Waals surface area contributed by atoms with Gasteiger partial charge in [0.05, 0.1) is 6.61 Å². The molecule has 4 aromatic carbocycles. The maximum atomic E-state index is 14.4. The van der Waals surface area contributed by atoms with Crippen LogP contribution in [0.5, 0.6) is 5.75 Å². The van der Waals surface area contributed by atoms with Crippen molar-refractivity contribution in [1.29, 1.82) is 0 Å². The van der Waals surface area contributed by atoms with E-state index in [9.17, 15) is 4.79 Å². The summed E-state index contributed by atoms with van der Waals surface area (Å²) >= 11 is 25.4. The number of nitrogens with zero attached hydrogens (tertiary/aromatic N) is 1. The van der Waals surface area contributed by atoms with Crippen LogP contribution in [-0.2, 0) is 22.5 Å². The van der Waals surface area contributed by atoms with Gasteiger partial charge in [-0.05, 0) is 59.7 Å². The first-order valence-corrected chi connectivity index (χ1v) is 15.1. The minimum atomic E-state index is -1.44. The van der Waals surface area contributed by atoms with Crippen LogP contribution in [0.15, 0.2) is 96.0 Å². The van der Waals surface area contributed by atoms with Crippen LogP contribution in [0, 0.1) is 0 Å². The number of halogens is 4. The van der Waals surface area contributed by atoms with Gasteiger partial charge in [0.1, 0.15) is 5.75 Å². The zero-order valence-corrected chi connectivity index (χ0v) is 25.9. The largest absolute Gasteiger partial charge is 0.494 e. The van der Waals surface area contributed by atoms with E-state index in [-0.39, 0.29) is 31.4 Å². The normalized spacial score (nSPS) is 17.7.